The number of rotatable bonds is 8. The van der Waals surface area contributed by atoms with E-state index in [0.717, 1.165) is 71.6 Å². The first kappa shape index (κ1) is 46.0. The fraction of sp³-hybridized carbons (Fsp3) is 0.107. The first-order chi connectivity index (χ1) is 40.2. The van der Waals surface area contributed by atoms with Crippen LogP contribution in [0.2, 0.25) is 0 Å². The van der Waals surface area contributed by atoms with Gasteiger partial charge in [-0.1, -0.05) is 177 Å². The minimum absolute atomic E-state index is 0.240. The highest BCUT2D eigenvalue weighted by Gasteiger charge is 2.33. The summed E-state index contributed by atoms with van der Waals surface area (Å²) in [5.41, 5.74) is 22.0. The molecular weight excluding hydrogens is 985 g/mol. The topological polar surface area (TPSA) is 65.5 Å². The lowest BCUT2D eigenvalue weighted by molar-refractivity contribution is 0.445. The van der Waals surface area contributed by atoms with E-state index in [4.69, 9.17) is 0 Å². The van der Waals surface area contributed by atoms with Crippen LogP contribution in [0, 0.1) is 11.3 Å². The van der Waals surface area contributed by atoms with Gasteiger partial charge in [-0.2, -0.15) is 5.26 Å². The molecule has 0 bridgehead atoms. The summed E-state index contributed by atoms with van der Waals surface area (Å²) in [6, 6.07) is 90.8. The monoisotopic (exact) mass is 1040 g/mol. The molecule has 1 atom stereocenters. The number of para-hydroxylation sites is 6. The van der Waals surface area contributed by atoms with Gasteiger partial charge in [0.05, 0.1) is 67.1 Å². The molecule has 384 valence electrons. The Labute approximate surface area is 468 Å². The molecule has 2 aliphatic rings. The van der Waals surface area contributed by atoms with E-state index in [1.54, 1.807) is 0 Å². The summed E-state index contributed by atoms with van der Waals surface area (Å²) in [4.78, 5) is 0. The van der Waals surface area contributed by atoms with Crippen LogP contribution in [0.4, 0.5) is 0 Å². The van der Waals surface area contributed by atoms with Gasteiger partial charge in [-0.05, 0) is 120 Å². The quantitative estimate of drug-likeness (QED) is 0.154. The summed E-state index contributed by atoms with van der Waals surface area (Å²) in [6.45, 7) is 0.999. The average molecular weight is 1040 g/mol. The van der Waals surface area contributed by atoms with Crippen LogP contribution in [0.3, 0.4) is 0 Å². The van der Waals surface area contributed by atoms with Crippen LogP contribution < -0.4 is 5.32 Å². The predicted molar refractivity (Wildman–Crippen MR) is 336 cm³/mol. The number of hydrogen-bond acceptors (Lipinski definition) is 2. The number of fused-ring (bicyclic) bond motifs is 14. The first-order valence-electron chi connectivity index (χ1n) is 28.8. The molecule has 6 heteroatoms. The number of nitrogens with one attached hydrogen (secondary N) is 1. The molecule has 6 nitrogen and oxygen atoms in total. The molecule has 1 saturated heterocycles. The first-order valence-corrected chi connectivity index (χ1v) is 28.8. The Morgan fingerprint density at radius 3 is 1.26 bits per heavy atom. The third kappa shape index (κ3) is 6.89. The Hall–Kier alpha value is -9.93. The molecule has 1 saturated carbocycles. The van der Waals surface area contributed by atoms with E-state index in [0.29, 0.717) is 11.6 Å². The minimum atomic E-state index is 0.240. The van der Waals surface area contributed by atoms with E-state index >= 15 is 0 Å². The summed E-state index contributed by atoms with van der Waals surface area (Å²) in [6.07, 6.45) is 5.69. The highest BCUT2D eigenvalue weighted by Crippen LogP contribution is 2.53. The Morgan fingerprint density at radius 2 is 0.802 bits per heavy atom. The van der Waals surface area contributed by atoms with Crippen molar-refractivity contribution in [2.45, 2.75) is 44.1 Å². The molecule has 1 aliphatic carbocycles. The molecule has 1 unspecified atom stereocenters. The SMILES string of the molecule is N#Cc1ccc(-c2c(-n3c4ccccc4c4ccc5c(c6ccccc6n5-c5ccccc5)c43)cc(-n3c4ccccc4c4ccc5c(c6ccccc6n5-c5ccccc5)c43)c(-c3ccc(C4CN4)cc3)c2C2CCCCC2)cc1. The molecular formula is C75H54N6. The number of hydrogen-bond donors (Lipinski definition) is 1. The van der Waals surface area contributed by atoms with Crippen LogP contribution in [0.15, 0.2) is 237 Å². The molecule has 81 heavy (non-hydrogen) atoms. The highest BCUT2D eigenvalue weighted by molar-refractivity contribution is 6.28. The van der Waals surface area contributed by atoms with Crippen molar-refractivity contribution in [2.24, 2.45) is 0 Å². The summed E-state index contributed by atoms with van der Waals surface area (Å²) in [5.74, 6) is 0.240. The van der Waals surface area contributed by atoms with Gasteiger partial charge in [-0.25, -0.2) is 0 Å². The Balaban J connectivity index is 1.12. The van der Waals surface area contributed by atoms with Crippen molar-refractivity contribution in [2.75, 3.05) is 6.54 Å². The third-order valence-corrected chi connectivity index (χ3v) is 18.1. The molecule has 0 amide bonds. The smallest absolute Gasteiger partial charge is 0.0991 e. The van der Waals surface area contributed by atoms with Gasteiger partial charge in [0.1, 0.15) is 0 Å². The highest BCUT2D eigenvalue weighted by atomic mass is 15.1. The lowest BCUT2D eigenvalue weighted by Crippen LogP contribution is -2.13. The van der Waals surface area contributed by atoms with Crippen molar-refractivity contribution in [3.63, 3.8) is 0 Å². The van der Waals surface area contributed by atoms with Crippen molar-refractivity contribution in [1.29, 1.82) is 5.26 Å². The normalized spacial score (nSPS) is 14.9. The molecule has 4 aromatic heterocycles. The predicted octanol–water partition coefficient (Wildman–Crippen LogP) is 19.0. The van der Waals surface area contributed by atoms with Gasteiger partial charge in [0.15, 0.2) is 0 Å². The zero-order chi connectivity index (χ0) is 53.3. The van der Waals surface area contributed by atoms with E-state index < -0.39 is 0 Å². The van der Waals surface area contributed by atoms with Crippen molar-refractivity contribution < 1.29 is 0 Å². The van der Waals surface area contributed by atoms with Crippen molar-refractivity contribution >= 4 is 87.2 Å². The van der Waals surface area contributed by atoms with E-state index in [-0.39, 0.29) is 5.92 Å². The van der Waals surface area contributed by atoms with Crippen LogP contribution >= 0.6 is 0 Å². The standard InChI is InChI=1S/C75H54N6/c76-45-47-32-34-50(35-33-47)69-67(80-61-28-14-10-24-54(61)56-40-42-65-72(74(56)80)58-26-12-16-30-63(58)78(65)52-20-6-2-7-21-52)44-68(70(71(69)49-18-4-1-5-19-49)51-38-36-48(37-39-51)60-46-77-60)81-62-29-15-11-25-55(62)57-41-43-66-73(75(57)81)59-27-13-17-31-64(59)79(66)53-22-8-3-9-23-53/h2-3,6-17,20-44,49,60,77H,1,4-5,18-19,46H2. The van der Waals surface area contributed by atoms with E-state index in [1.807, 2.05) is 12.1 Å². The second kappa shape index (κ2) is 18.1. The van der Waals surface area contributed by atoms with Crippen LogP contribution in [0.5, 0.6) is 0 Å². The minimum Gasteiger partial charge on any atom is -0.309 e. The molecule has 11 aromatic carbocycles. The maximum absolute atomic E-state index is 10.4. The summed E-state index contributed by atoms with van der Waals surface area (Å²) in [7, 11) is 0. The fourth-order valence-corrected chi connectivity index (χ4v) is 14.6. The van der Waals surface area contributed by atoms with Crippen molar-refractivity contribution in [1.82, 2.24) is 23.6 Å². The second-order valence-electron chi connectivity index (χ2n) is 22.5. The number of nitriles is 1. The van der Waals surface area contributed by atoms with Crippen molar-refractivity contribution in [3.8, 4) is 51.1 Å². The van der Waals surface area contributed by atoms with Crippen LogP contribution in [-0.4, -0.2) is 24.8 Å². The largest absolute Gasteiger partial charge is 0.309 e. The molecule has 15 aromatic rings. The molecule has 17 rings (SSSR count). The van der Waals surface area contributed by atoms with Crippen LogP contribution in [0.1, 0.15) is 60.8 Å². The molecule has 0 radical (unpaired) electrons. The van der Waals surface area contributed by atoms with Crippen LogP contribution in [-0.2, 0) is 0 Å². The van der Waals surface area contributed by atoms with Gasteiger partial charge in [-0.3, -0.25) is 0 Å². The average Bonchev–Trinajstić information content (AvgIpc) is 4.06. The zero-order valence-electron chi connectivity index (χ0n) is 44.7. The maximum Gasteiger partial charge on any atom is 0.0991 e. The van der Waals surface area contributed by atoms with Gasteiger partial charge in [0.25, 0.3) is 0 Å². The molecule has 0 spiro atoms. The molecule has 1 N–H and O–H groups in total. The summed E-state index contributed by atoms with van der Waals surface area (Å²) < 4.78 is 10.2. The molecule has 2 fully saturated rings. The van der Waals surface area contributed by atoms with Crippen LogP contribution in [0.25, 0.3) is 132 Å². The molecule has 1 aliphatic heterocycles. The molecule has 5 heterocycles. The number of aromatic nitrogens is 4. The van der Waals surface area contributed by atoms with E-state index in [1.165, 1.54) is 110 Å². The Morgan fingerprint density at radius 1 is 0.383 bits per heavy atom. The fourth-order valence-electron chi connectivity index (χ4n) is 14.6. The lowest BCUT2D eigenvalue weighted by Gasteiger charge is -2.32. The van der Waals surface area contributed by atoms with Gasteiger partial charge in [0.2, 0.25) is 0 Å². The second-order valence-corrected chi connectivity index (χ2v) is 22.5. The van der Waals surface area contributed by atoms with Gasteiger partial charge < -0.3 is 23.6 Å². The van der Waals surface area contributed by atoms with E-state index in [9.17, 15) is 5.26 Å². The van der Waals surface area contributed by atoms with Gasteiger partial charge in [-0.15, -0.1) is 0 Å². The maximum atomic E-state index is 10.4. The summed E-state index contributed by atoms with van der Waals surface area (Å²) in [5, 5.41) is 23.7. The zero-order valence-corrected chi connectivity index (χ0v) is 44.7. The third-order valence-electron chi connectivity index (χ3n) is 18.1. The van der Waals surface area contributed by atoms with Gasteiger partial charge >= 0.3 is 0 Å². The Bertz CT molecular complexity index is 5070. The van der Waals surface area contributed by atoms with Gasteiger partial charge in [0, 0.05) is 78.2 Å². The Kier molecular flexibility index (Phi) is 10.3. The number of nitrogens with zero attached hydrogens (tertiary/aromatic N) is 5. The summed E-state index contributed by atoms with van der Waals surface area (Å²) >= 11 is 0. The number of benzene rings is 11. The lowest BCUT2D eigenvalue weighted by atomic mass is 9.76. The van der Waals surface area contributed by atoms with Crippen molar-refractivity contribution in [3.05, 3.63) is 253 Å². The van der Waals surface area contributed by atoms with E-state index in [2.05, 4.69) is 254 Å².